The van der Waals surface area contributed by atoms with Gasteiger partial charge in [-0.15, -0.1) is 0 Å². The highest BCUT2D eigenvalue weighted by molar-refractivity contribution is 5.97. The van der Waals surface area contributed by atoms with E-state index < -0.39 is 0 Å². The van der Waals surface area contributed by atoms with Crippen molar-refractivity contribution in [1.82, 2.24) is 4.90 Å². The molecule has 0 atom stereocenters. The van der Waals surface area contributed by atoms with Crippen molar-refractivity contribution in [2.45, 2.75) is 20.0 Å². The standard InChI is InChI=1S/C20H26N2O4/c1-20(12-26-13-20)11-25-10-15-4-5-17-16(8-15)6-7-22(14-23)18(17)9-19(21-2)24-3/h4-5,8-9,14H,6-7,10-13H2,1-3H3/b18-9-,21-19?. The lowest BCUT2D eigenvalue weighted by atomic mass is 9.90. The molecular formula is C20H26N2O4. The number of amides is 1. The Kier molecular flexibility index (Phi) is 5.74. The molecule has 0 spiro atoms. The van der Waals surface area contributed by atoms with Crippen LogP contribution in [0.3, 0.4) is 0 Å². The number of hydrogen-bond donors (Lipinski definition) is 0. The quantitative estimate of drug-likeness (QED) is 0.445. The van der Waals surface area contributed by atoms with Gasteiger partial charge in [0.05, 0.1) is 39.2 Å². The van der Waals surface area contributed by atoms with Crippen LogP contribution in [0.15, 0.2) is 29.3 Å². The van der Waals surface area contributed by atoms with E-state index in [1.54, 1.807) is 25.1 Å². The maximum Gasteiger partial charge on any atom is 0.214 e. The summed E-state index contributed by atoms with van der Waals surface area (Å²) >= 11 is 0. The first-order valence-corrected chi connectivity index (χ1v) is 8.80. The van der Waals surface area contributed by atoms with Gasteiger partial charge >= 0.3 is 0 Å². The Hall–Kier alpha value is -2.18. The number of carbonyl (C=O) groups is 1. The van der Waals surface area contributed by atoms with E-state index >= 15 is 0 Å². The Morgan fingerprint density at radius 2 is 2.23 bits per heavy atom. The second kappa shape index (κ2) is 8.01. The summed E-state index contributed by atoms with van der Waals surface area (Å²) in [6.45, 7) is 5.65. The van der Waals surface area contributed by atoms with Crippen LogP contribution in [0.4, 0.5) is 0 Å². The number of hydrogen-bond acceptors (Lipinski definition) is 5. The van der Waals surface area contributed by atoms with Crippen LogP contribution in [0.25, 0.3) is 5.70 Å². The Balaban J connectivity index is 1.76. The molecule has 140 valence electrons. The Bertz CT molecular complexity index is 723. The summed E-state index contributed by atoms with van der Waals surface area (Å²) in [7, 11) is 3.24. The molecule has 2 aliphatic heterocycles. The maximum absolute atomic E-state index is 11.4. The van der Waals surface area contributed by atoms with Crippen LogP contribution in [0.2, 0.25) is 0 Å². The molecule has 2 heterocycles. The average molecular weight is 358 g/mol. The van der Waals surface area contributed by atoms with E-state index in [0.29, 0.717) is 25.7 Å². The van der Waals surface area contributed by atoms with Crippen molar-refractivity contribution in [2.75, 3.05) is 40.5 Å². The summed E-state index contributed by atoms with van der Waals surface area (Å²) in [5.74, 6) is 0.489. The number of fused-ring (bicyclic) bond motifs is 1. The molecule has 0 saturated carbocycles. The average Bonchev–Trinajstić information content (AvgIpc) is 2.64. The van der Waals surface area contributed by atoms with E-state index in [2.05, 4.69) is 24.0 Å². The third kappa shape index (κ3) is 3.97. The first-order chi connectivity index (χ1) is 12.6. The van der Waals surface area contributed by atoms with Gasteiger partial charge in [0.2, 0.25) is 12.3 Å². The van der Waals surface area contributed by atoms with Crippen LogP contribution in [0, 0.1) is 5.41 Å². The molecule has 2 aliphatic rings. The fourth-order valence-electron chi connectivity index (χ4n) is 3.26. The molecule has 0 unspecified atom stereocenters. The Morgan fingerprint density at radius 1 is 1.42 bits per heavy atom. The molecular weight excluding hydrogens is 332 g/mol. The van der Waals surface area contributed by atoms with E-state index in [0.717, 1.165) is 42.9 Å². The third-order valence-electron chi connectivity index (χ3n) is 4.81. The Labute approximate surface area is 154 Å². The smallest absolute Gasteiger partial charge is 0.214 e. The van der Waals surface area contributed by atoms with Gasteiger partial charge in [0, 0.05) is 30.6 Å². The highest BCUT2D eigenvalue weighted by atomic mass is 16.5. The molecule has 0 bridgehead atoms. The van der Waals surface area contributed by atoms with Gasteiger partial charge in [-0.1, -0.05) is 25.1 Å². The fourth-order valence-corrected chi connectivity index (χ4v) is 3.26. The number of benzene rings is 1. The Morgan fingerprint density at radius 3 is 2.85 bits per heavy atom. The topological polar surface area (TPSA) is 60.4 Å². The molecule has 3 rings (SSSR count). The van der Waals surface area contributed by atoms with E-state index in [-0.39, 0.29) is 5.41 Å². The van der Waals surface area contributed by atoms with Crippen molar-refractivity contribution in [1.29, 1.82) is 0 Å². The molecule has 1 saturated heterocycles. The van der Waals surface area contributed by atoms with Gasteiger partial charge in [-0.3, -0.25) is 9.79 Å². The minimum absolute atomic E-state index is 0.157. The summed E-state index contributed by atoms with van der Waals surface area (Å²) in [5, 5.41) is 0. The van der Waals surface area contributed by atoms with E-state index in [9.17, 15) is 4.79 Å². The van der Waals surface area contributed by atoms with E-state index in [1.165, 1.54) is 5.56 Å². The van der Waals surface area contributed by atoms with E-state index in [1.807, 2.05) is 6.07 Å². The first-order valence-electron chi connectivity index (χ1n) is 8.80. The highest BCUT2D eigenvalue weighted by Gasteiger charge is 2.33. The lowest BCUT2D eigenvalue weighted by Crippen LogP contribution is -2.43. The lowest BCUT2D eigenvalue weighted by Gasteiger charge is -2.37. The van der Waals surface area contributed by atoms with Crippen molar-refractivity contribution in [3.05, 3.63) is 41.0 Å². The number of ether oxygens (including phenoxy) is 3. The second-order valence-electron chi connectivity index (χ2n) is 7.13. The van der Waals surface area contributed by atoms with Crippen molar-refractivity contribution < 1.29 is 19.0 Å². The molecule has 0 radical (unpaired) electrons. The van der Waals surface area contributed by atoms with Gasteiger partial charge in [0.25, 0.3) is 0 Å². The van der Waals surface area contributed by atoms with Crippen molar-refractivity contribution >= 4 is 18.0 Å². The number of nitrogens with zero attached hydrogens (tertiary/aromatic N) is 2. The maximum atomic E-state index is 11.4. The number of aliphatic imine (C=N–C) groups is 1. The van der Waals surface area contributed by atoms with Crippen molar-refractivity contribution in [3.8, 4) is 0 Å². The third-order valence-corrected chi connectivity index (χ3v) is 4.81. The van der Waals surface area contributed by atoms with Crippen LogP contribution < -0.4 is 0 Å². The summed E-state index contributed by atoms with van der Waals surface area (Å²) in [6.07, 6.45) is 3.48. The van der Waals surface area contributed by atoms with Crippen molar-refractivity contribution in [3.63, 3.8) is 0 Å². The van der Waals surface area contributed by atoms with Crippen LogP contribution >= 0.6 is 0 Å². The zero-order valence-electron chi connectivity index (χ0n) is 15.7. The number of rotatable bonds is 6. The van der Waals surface area contributed by atoms with Gasteiger partial charge in [0.1, 0.15) is 0 Å². The minimum atomic E-state index is 0.157. The summed E-state index contributed by atoms with van der Waals surface area (Å²) in [6, 6.07) is 6.27. The van der Waals surface area contributed by atoms with Crippen LogP contribution in [-0.4, -0.2) is 57.7 Å². The summed E-state index contributed by atoms with van der Waals surface area (Å²) in [4.78, 5) is 17.2. The first kappa shape index (κ1) is 18.6. The van der Waals surface area contributed by atoms with Crippen LogP contribution in [0.5, 0.6) is 0 Å². The van der Waals surface area contributed by atoms with E-state index in [4.69, 9.17) is 14.2 Å². The van der Waals surface area contributed by atoms with Gasteiger partial charge in [0.15, 0.2) is 0 Å². The number of carbonyl (C=O) groups excluding carboxylic acids is 1. The largest absolute Gasteiger partial charge is 0.481 e. The lowest BCUT2D eigenvalue weighted by molar-refractivity contribution is -0.140. The van der Waals surface area contributed by atoms with Gasteiger partial charge in [-0.2, -0.15) is 0 Å². The van der Waals surface area contributed by atoms with Gasteiger partial charge in [-0.25, -0.2) is 0 Å². The predicted molar refractivity (Wildman–Crippen MR) is 99.8 cm³/mol. The summed E-state index contributed by atoms with van der Waals surface area (Å²) < 4.78 is 16.4. The molecule has 0 N–H and O–H groups in total. The monoisotopic (exact) mass is 358 g/mol. The molecule has 1 amide bonds. The molecule has 1 fully saturated rings. The SMILES string of the molecule is CN=C(/C=C1/c2ccc(COCC3(C)COC3)cc2CCN1C=O)OC. The molecule has 0 aliphatic carbocycles. The summed E-state index contributed by atoms with van der Waals surface area (Å²) in [5.41, 5.74) is 4.35. The second-order valence-corrected chi connectivity index (χ2v) is 7.13. The molecule has 26 heavy (non-hydrogen) atoms. The number of methoxy groups -OCH3 is 1. The molecule has 0 aromatic heterocycles. The van der Waals surface area contributed by atoms with Gasteiger partial charge in [-0.05, 0) is 17.5 Å². The normalized spacial score (nSPS) is 20.5. The molecule has 6 heteroatoms. The zero-order chi connectivity index (χ0) is 18.6. The molecule has 1 aromatic rings. The minimum Gasteiger partial charge on any atom is -0.481 e. The molecule has 1 aromatic carbocycles. The fraction of sp³-hybridized carbons (Fsp3) is 0.500. The zero-order valence-corrected chi connectivity index (χ0v) is 15.7. The van der Waals surface area contributed by atoms with Gasteiger partial charge < -0.3 is 19.1 Å². The predicted octanol–water partition coefficient (Wildman–Crippen LogP) is 2.27. The van der Waals surface area contributed by atoms with Crippen LogP contribution in [0.1, 0.15) is 23.6 Å². The molecule has 6 nitrogen and oxygen atoms in total. The highest BCUT2D eigenvalue weighted by Crippen LogP contribution is 2.30. The van der Waals surface area contributed by atoms with Crippen LogP contribution in [-0.2, 0) is 32.0 Å². The van der Waals surface area contributed by atoms with Crippen molar-refractivity contribution in [2.24, 2.45) is 10.4 Å².